The number of halogens is 4. The van der Waals surface area contributed by atoms with E-state index in [-0.39, 0.29) is 16.4 Å². The van der Waals surface area contributed by atoms with Crippen LogP contribution in [0, 0.1) is 0 Å². The summed E-state index contributed by atoms with van der Waals surface area (Å²) in [6.45, 7) is 1.56. The molecule has 0 fully saturated rings. The average molecular weight is 654 g/mol. The maximum atomic E-state index is 13.4. The number of amides is 3. The van der Waals surface area contributed by atoms with Crippen LogP contribution in [0.1, 0.15) is 28.4 Å². The van der Waals surface area contributed by atoms with Gasteiger partial charge >= 0.3 is 6.18 Å². The third kappa shape index (κ3) is 9.37. The number of hydrogen-bond acceptors (Lipinski definition) is 5. The second-order valence-corrected chi connectivity index (χ2v) is 11.4. The third-order valence-electron chi connectivity index (χ3n) is 6.29. The number of anilines is 2. The van der Waals surface area contributed by atoms with E-state index in [0.29, 0.717) is 27.5 Å². The Bertz CT molecular complexity index is 1700. The first-order valence-corrected chi connectivity index (χ1v) is 14.7. The molecule has 3 N–H and O–H groups in total. The van der Waals surface area contributed by atoms with Crippen molar-refractivity contribution in [3.05, 3.63) is 124 Å². The fraction of sp³-hybridized carbons (Fsp3) is 0.121. The van der Waals surface area contributed by atoms with Crippen LogP contribution in [0.25, 0.3) is 6.08 Å². The van der Waals surface area contributed by atoms with E-state index in [9.17, 15) is 27.6 Å². The highest BCUT2D eigenvalue weighted by molar-refractivity contribution is 8.00. The van der Waals surface area contributed by atoms with Crippen LogP contribution in [0.2, 0.25) is 5.02 Å². The highest BCUT2D eigenvalue weighted by atomic mass is 35.5. The maximum absolute atomic E-state index is 13.4. The lowest BCUT2D eigenvalue weighted by atomic mass is 10.1. The number of alkyl halides is 3. The minimum absolute atomic E-state index is 0.00168. The maximum Gasteiger partial charge on any atom is 0.418 e. The first-order chi connectivity index (χ1) is 21.4. The predicted octanol–water partition coefficient (Wildman–Crippen LogP) is 7.90. The van der Waals surface area contributed by atoms with E-state index in [4.69, 9.17) is 16.3 Å². The molecule has 1 unspecified atom stereocenters. The fourth-order valence-electron chi connectivity index (χ4n) is 3.98. The molecule has 0 saturated heterocycles. The molecule has 0 spiro atoms. The first-order valence-electron chi connectivity index (χ1n) is 13.4. The van der Waals surface area contributed by atoms with Gasteiger partial charge in [0.15, 0.2) is 0 Å². The highest BCUT2D eigenvalue weighted by Crippen LogP contribution is 2.37. The Kier molecular flexibility index (Phi) is 10.9. The van der Waals surface area contributed by atoms with E-state index >= 15 is 0 Å². The van der Waals surface area contributed by atoms with E-state index in [1.807, 2.05) is 0 Å². The number of ether oxygens (including phenoxy) is 1. The van der Waals surface area contributed by atoms with Crippen LogP contribution < -0.4 is 20.7 Å². The van der Waals surface area contributed by atoms with Gasteiger partial charge in [0, 0.05) is 21.2 Å². The van der Waals surface area contributed by atoms with Crippen molar-refractivity contribution in [2.24, 2.45) is 0 Å². The minimum Gasteiger partial charge on any atom is -0.497 e. The van der Waals surface area contributed by atoms with E-state index < -0.39 is 34.7 Å². The van der Waals surface area contributed by atoms with Crippen molar-refractivity contribution in [2.75, 3.05) is 17.7 Å². The van der Waals surface area contributed by atoms with Gasteiger partial charge in [-0.3, -0.25) is 14.4 Å². The van der Waals surface area contributed by atoms with Crippen LogP contribution in [-0.4, -0.2) is 30.1 Å². The van der Waals surface area contributed by atoms with E-state index in [2.05, 4.69) is 16.0 Å². The lowest BCUT2D eigenvalue weighted by Crippen LogP contribution is -2.30. The number of rotatable bonds is 10. The molecule has 12 heteroatoms. The number of hydrogen-bond donors (Lipinski definition) is 3. The Labute approximate surface area is 266 Å². The fourth-order valence-corrected chi connectivity index (χ4v) is 5.02. The summed E-state index contributed by atoms with van der Waals surface area (Å²) in [5.74, 6) is -1.04. The molecule has 0 aliphatic heterocycles. The minimum atomic E-state index is -4.70. The molecule has 4 aromatic rings. The highest BCUT2D eigenvalue weighted by Gasteiger charge is 2.34. The monoisotopic (exact) mass is 653 g/mol. The van der Waals surface area contributed by atoms with Gasteiger partial charge in [-0.15, -0.1) is 11.8 Å². The normalized spacial score (nSPS) is 12.2. The topological polar surface area (TPSA) is 96.5 Å². The quantitative estimate of drug-likeness (QED) is 0.119. The molecular formula is C33H27ClF3N3O4S. The molecule has 45 heavy (non-hydrogen) atoms. The summed E-state index contributed by atoms with van der Waals surface area (Å²) < 4.78 is 45.4. The van der Waals surface area contributed by atoms with E-state index in [1.165, 1.54) is 19.3 Å². The van der Waals surface area contributed by atoms with Crippen molar-refractivity contribution in [3.63, 3.8) is 0 Å². The number of methoxy groups -OCH3 is 1. The number of nitrogens with one attached hydrogen (secondary N) is 3. The van der Waals surface area contributed by atoms with Crippen LogP contribution in [0.5, 0.6) is 5.75 Å². The van der Waals surface area contributed by atoms with E-state index in [0.717, 1.165) is 23.9 Å². The smallest absolute Gasteiger partial charge is 0.418 e. The van der Waals surface area contributed by atoms with Gasteiger partial charge in [0.2, 0.25) is 5.91 Å². The number of carbonyl (C=O) groups excluding carboxylic acids is 3. The molecule has 0 aliphatic carbocycles. The Morgan fingerprint density at radius 2 is 1.56 bits per heavy atom. The lowest BCUT2D eigenvalue weighted by Gasteiger charge is -2.17. The molecule has 0 heterocycles. The number of carbonyl (C=O) groups is 3. The second kappa shape index (κ2) is 14.8. The molecule has 3 amide bonds. The molecule has 0 bridgehead atoms. The van der Waals surface area contributed by atoms with Gasteiger partial charge < -0.3 is 20.7 Å². The van der Waals surface area contributed by atoms with Crippen LogP contribution in [0.3, 0.4) is 0 Å². The first kappa shape index (κ1) is 33.2. The van der Waals surface area contributed by atoms with Crippen LogP contribution in [0.15, 0.2) is 108 Å². The molecule has 0 aromatic heterocycles. The summed E-state index contributed by atoms with van der Waals surface area (Å²) >= 11 is 6.84. The SMILES string of the molecule is COc1ccc(/C=C(\NC(=O)c2ccccc2)C(=O)Nc2ccc(SC(C)C(=O)Nc3ccc(Cl)cc3C(F)(F)F)cc2)cc1. The standard InChI is InChI=1S/C33H27ClF3N3O4S/c1-20(30(41)39-28-17-10-23(34)19-27(28)33(35,36)37)45-26-15-11-24(12-16-26)38-32(43)29(18-21-8-13-25(44-2)14-9-21)40-31(42)22-6-4-3-5-7-22/h3-20H,1-2H3,(H,38,43)(H,39,41)(H,40,42)/b29-18-. The van der Waals surface area contributed by atoms with Crippen LogP contribution in [-0.2, 0) is 15.8 Å². The third-order valence-corrected chi connectivity index (χ3v) is 7.64. The molecule has 4 aromatic carbocycles. The molecular weight excluding hydrogens is 627 g/mol. The summed E-state index contributed by atoms with van der Waals surface area (Å²) in [5.41, 5.74) is -0.00284. The summed E-state index contributed by atoms with van der Waals surface area (Å²) in [6, 6.07) is 25.0. The molecule has 232 valence electrons. The molecule has 7 nitrogen and oxygen atoms in total. The zero-order valence-electron chi connectivity index (χ0n) is 23.9. The largest absolute Gasteiger partial charge is 0.497 e. The number of thioether (sulfide) groups is 1. The molecule has 0 radical (unpaired) electrons. The van der Waals surface area contributed by atoms with Crippen molar-refractivity contribution in [3.8, 4) is 5.75 Å². The molecule has 1 atom stereocenters. The Hall–Kier alpha value is -4.74. The van der Waals surface area contributed by atoms with Crippen molar-refractivity contribution in [2.45, 2.75) is 23.2 Å². The van der Waals surface area contributed by atoms with Gasteiger partial charge in [-0.2, -0.15) is 13.2 Å². The van der Waals surface area contributed by atoms with Gasteiger partial charge in [-0.05, 0) is 85.3 Å². The van der Waals surface area contributed by atoms with Crippen molar-refractivity contribution in [1.82, 2.24) is 5.32 Å². The molecule has 0 saturated carbocycles. The van der Waals surface area contributed by atoms with Crippen LogP contribution in [0.4, 0.5) is 24.5 Å². The lowest BCUT2D eigenvalue weighted by molar-refractivity contribution is -0.137. The summed E-state index contributed by atoms with van der Waals surface area (Å²) in [7, 11) is 1.54. The van der Waals surface area contributed by atoms with Gasteiger partial charge in [-0.1, -0.05) is 41.9 Å². The zero-order chi connectivity index (χ0) is 32.6. The van der Waals surface area contributed by atoms with Crippen LogP contribution >= 0.6 is 23.4 Å². The zero-order valence-corrected chi connectivity index (χ0v) is 25.5. The second-order valence-electron chi connectivity index (χ2n) is 9.57. The Morgan fingerprint density at radius 1 is 0.889 bits per heavy atom. The van der Waals surface area contributed by atoms with Gasteiger partial charge in [0.25, 0.3) is 11.8 Å². The van der Waals surface area contributed by atoms with Crippen molar-refractivity contribution in [1.29, 1.82) is 0 Å². The predicted molar refractivity (Wildman–Crippen MR) is 170 cm³/mol. The summed E-state index contributed by atoms with van der Waals surface area (Å²) in [6.07, 6.45) is -3.16. The summed E-state index contributed by atoms with van der Waals surface area (Å²) in [4.78, 5) is 39.5. The molecule has 0 aliphatic rings. The Morgan fingerprint density at radius 3 is 2.18 bits per heavy atom. The number of benzene rings is 4. The van der Waals surface area contributed by atoms with E-state index in [1.54, 1.807) is 85.8 Å². The average Bonchev–Trinajstić information content (AvgIpc) is 3.02. The summed E-state index contributed by atoms with van der Waals surface area (Å²) in [5, 5.41) is 6.89. The van der Waals surface area contributed by atoms with Gasteiger partial charge in [0.05, 0.1) is 23.6 Å². The van der Waals surface area contributed by atoms with Crippen molar-refractivity contribution >= 4 is 58.5 Å². The Balaban J connectivity index is 1.44. The molecule has 4 rings (SSSR count). The van der Waals surface area contributed by atoms with Gasteiger partial charge in [0.1, 0.15) is 11.4 Å². The van der Waals surface area contributed by atoms with Crippen molar-refractivity contribution < 1.29 is 32.3 Å². The van der Waals surface area contributed by atoms with Gasteiger partial charge in [-0.25, -0.2) is 0 Å².